The monoisotopic (exact) mass is 402 g/mol. The molecule has 2 heterocycles. The topological polar surface area (TPSA) is 71.2 Å². The van der Waals surface area contributed by atoms with E-state index < -0.39 is 0 Å². The largest absolute Gasteiger partial charge is 0.357 e. The SMILES string of the molecule is Cl.Cl.NC1CCCC(C(=O)NCc2ccc(N3CCCCCC3)nc2)C1. The fraction of sp³-hybridized carbons (Fsp3) is 0.684. The van der Waals surface area contributed by atoms with Crippen LogP contribution in [0.2, 0.25) is 0 Å². The molecule has 1 aliphatic heterocycles. The Balaban J connectivity index is 0.00000169. The van der Waals surface area contributed by atoms with Crippen LogP contribution in [0.4, 0.5) is 5.82 Å². The van der Waals surface area contributed by atoms with Gasteiger partial charge in [-0.15, -0.1) is 24.8 Å². The summed E-state index contributed by atoms with van der Waals surface area (Å²) in [6, 6.07) is 4.35. The predicted molar refractivity (Wildman–Crippen MR) is 111 cm³/mol. The van der Waals surface area contributed by atoms with E-state index in [1.807, 2.05) is 6.20 Å². The lowest BCUT2D eigenvalue weighted by molar-refractivity contribution is -0.126. The average molecular weight is 403 g/mol. The molecule has 148 valence electrons. The van der Waals surface area contributed by atoms with Gasteiger partial charge in [0.1, 0.15) is 5.82 Å². The number of hydrogen-bond donors (Lipinski definition) is 2. The number of pyridine rings is 1. The fourth-order valence-electron chi connectivity index (χ4n) is 3.81. The number of nitrogens with two attached hydrogens (primary N) is 1. The summed E-state index contributed by atoms with van der Waals surface area (Å²) in [6.45, 7) is 2.76. The molecule has 1 saturated carbocycles. The highest BCUT2D eigenvalue weighted by Crippen LogP contribution is 2.23. The quantitative estimate of drug-likeness (QED) is 0.808. The van der Waals surface area contributed by atoms with E-state index in [2.05, 4.69) is 27.3 Å². The van der Waals surface area contributed by atoms with Gasteiger partial charge in [0.15, 0.2) is 0 Å². The van der Waals surface area contributed by atoms with Crippen LogP contribution in [0.25, 0.3) is 0 Å². The molecule has 0 spiro atoms. The standard InChI is InChI=1S/C19H30N4O.2ClH/c20-17-7-5-6-16(12-17)19(24)22-14-15-8-9-18(21-13-15)23-10-3-1-2-4-11-23;;/h8-9,13,16-17H,1-7,10-12,14,20H2,(H,22,24);2*1H. The van der Waals surface area contributed by atoms with Gasteiger partial charge >= 0.3 is 0 Å². The highest BCUT2D eigenvalue weighted by Gasteiger charge is 2.25. The van der Waals surface area contributed by atoms with Gasteiger partial charge in [0.2, 0.25) is 5.91 Å². The molecule has 0 radical (unpaired) electrons. The van der Waals surface area contributed by atoms with Crippen molar-refractivity contribution in [2.75, 3.05) is 18.0 Å². The van der Waals surface area contributed by atoms with Gasteiger partial charge in [-0.1, -0.05) is 25.3 Å². The Morgan fingerprint density at radius 3 is 2.46 bits per heavy atom. The van der Waals surface area contributed by atoms with Gasteiger partial charge in [0.25, 0.3) is 0 Å². The second-order valence-electron chi connectivity index (χ2n) is 7.27. The van der Waals surface area contributed by atoms with Crippen LogP contribution in [0.1, 0.15) is 56.9 Å². The first-order valence-corrected chi connectivity index (χ1v) is 9.45. The minimum atomic E-state index is 0. The molecule has 2 unspecified atom stereocenters. The maximum atomic E-state index is 12.3. The molecule has 3 N–H and O–H groups in total. The van der Waals surface area contributed by atoms with Crippen molar-refractivity contribution in [3.63, 3.8) is 0 Å². The summed E-state index contributed by atoms with van der Waals surface area (Å²) in [5.41, 5.74) is 7.03. The van der Waals surface area contributed by atoms with Crippen LogP contribution in [0.5, 0.6) is 0 Å². The molecule has 2 aliphatic rings. The molecule has 2 fully saturated rings. The number of rotatable bonds is 4. The van der Waals surface area contributed by atoms with Gasteiger partial charge in [-0.25, -0.2) is 4.98 Å². The Hall–Kier alpha value is -1.04. The van der Waals surface area contributed by atoms with Crippen molar-refractivity contribution in [2.45, 2.75) is 64.0 Å². The van der Waals surface area contributed by atoms with Gasteiger partial charge in [-0.3, -0.25) is 4.79 Å². The summed E-state index contributed by atoms with van der Waals surface area (Å²) >= 11 is 0. The summed E-state index contributed by atoms with van der Waals surface area (Å²) in [4.78, 5) is 19.2. The maximum Gasteiger partial charge on any atom is 0.223 e. The lowest BCUT2D eigenvalue weighted by Gasteiger charge is -2.25. The lowest BCUT2D eigenvalue weighted by Crippen LogP contribution is -2.37. The molecular formula is C19H32Cl2N4O. The van der Waals surface area contributed by atoms with Crippen molar-refractivity contribution in [2.24, 2.45) is 11.7 Å². The molecule has 1 aromatic rings. The van der Waals surface area contributed by atoms with Gasteiger partial charge in [0, 0.05) is 37.8 Å². The molecule has 0 bridgehead atoms. The number of nitrogens with one attached hydrogen (secondary N) is 1. The van der Waals surface area contributed by atoms with Gasteiger partial charge < -0.3 is 16.0 Å². The lowest BCUT2D eigenvalue weighted by atomic mass is 9.85. The van der Waals surface area contributed by atoms with Crippen molar-refractivity contribution < 1.29 is 4.79 Å². The minimum Gasteiger partial charge on any atom is -0.357 e. The second-order valence-corrected chi connectivity index (χ2v) is 7.27. The number of carbonyl (C=O) groups excluding carboxylic acids is 1. The minimum absolute atomic E-state index is 0. The Morgan fingerprint density at radius 1 is 1.12 bits per heavy atom. The number of anilines is 1. The number of hydrogen-bond acceptors (Lipinski definition) is 4. The Morgan fingerprint density at radius 2 is 1.85 bits per heavy atom. The summed E-state index contributed by atoms with van der Waals surface area (Å²) in [7, 11) is 0. The Bertz CT molecular complexity index is 533. The van der Waals surface area contributed by atoms with Gasteiger partial charge in [-0.05, 0) is 43.7 Å². The normalized spacial score (nSPS) is 23.2. The predicted octanol–water partition coefficient (Wildman–Crippen LogP) is 3.44. The number of amides is 1. The van der Waals surface area contributed by atoms with E-state index in [-0.39, 0.29) is 42.7 Å². The number of nitrogens with zero attached hydrogens (tertiary/aromatic N) is 2. The molecule has 1 saturated heterocycles. The summed E-state index contributed by atoms with van der Waals surface area (Å²) in [5, 5.41) is 3.05. The molecular weight excluding hydrogens is 371 g/mol. The fourth-order valence-corrected chi connectivity index (χ4v) is 3.81. The van der Waals surface area contributed by atoms with E-state index in [0.717, 1.165) is 50.2 Å². The molecule has 2 atom stereocenters. The van der Waals surface area contributed by atoms with Gasteiger partial charge in [0.05, 0.1) is 0 Å². The van der Waals surface area contributed by atoms with Crippen LogP contribution < -0.4 is 16.0 Å². The Kier molecular flexibility index (Phi) is 10.3. The van der Waals surface area contributed by atoms with Crippen LogP contribution in [0, 0.1) is 5.92 Å². The van der Waals surface area contributed by atoms with Crippen LogP contribution in [0.15, 0.2) is 18.3 Å². The molecule has 3 rings (SSSR count). The third-order valence-electron chi connectivity index (χ3n) is 5.29. The van der Waals surface area contributed by atoms with Crippen LogP contribution in [-0.2, 0) is 11.3 Å². The number of carbonyl (C=O) groups is 1. The molecule has 1 amide bonds. The number of aromatic nitrogens is 1. The smallest absolute Gasteiger partial charge is 0.223 e. The zero-order chi connectivity index (χ0) is 16.8. The van der Waals surface area contributed by atoms with Crippen molar-refractivity contribution in [1.29, 1.82) is 0 Å². The van der Waals surface area contributed by atoms with E-state index in [9.17, 15) is 4.79 Å². The Labute approximate surface area is 169 Å². The van der Waals surface area contributed by atoms with E-state index in [0.29, 0.717) is 6.54 Å². The third-order valence-corrected chi connectivity index (χ3v) is 5.29. The first-order valence-electron chi connectivity index (χ1n) is 9.45. The van der Waals surface area contributed by atoms with E-state index in [1.165, 1.54) is 25.7 Å². The van der Waals surface area contributed by atoms with E-state index in [4.69, 9.17) is 5.73 Å². The van der Waals surface area contributed by atoms with Gasteiger partial charge in [-0.2, -0.15) is 0 Å². The first-order chi connectivity index (χ1) is 11.7. The highest BCUT2D eigenvalue weighted by molar-refractivity contribution is 5.85. The molecule has 7 heteroatoms. The molecule has 0 aromatic carbocycles. The highest BCUT2D eigenvalue weighted by atomic mass is 35.5. The van der Waals surface area contributed by atoms with Crippen molar-refractivity contribution in [3.05, 3.63) is 23.9 Å². The number of halogens is 2. The van der Waals surface area contributed by atoms with Crippen LogP contribution in [0.3, 0.4) is 0 Å². The van der Waals surface area contributed by atoms with Crippen LogP contribution >= 0.6 is 24.8 Å². The third kappa shape index (κ3) is 6.60. The maximum absolute atomic E-state index is 12.3. The summed E-state index contributed by atoms with van der Waals surface area (Å²) in [5.74, 6) is 1.28. The van der Waals surface area contributed by atoms with E-state index in [1.54, 1.807) is 0 Å². The summed E-state index contributed by atoms with van der Waals surface area (Å²) in [6.07, 6.45) is 10.9. The van der Waals surface area contributed by atoms with Crippen molar-refractivity contribution in [3.8, 4) is 0 Å². The van der Waals surface area contributed by atoms with Crippen molar-refractivity contribution >= 4 is 36.5 Å². The van der Waals surface area contributed by atoms with Crippen LogP contribution in [-0.4, -0.2) is 30.0 Å². The zero-order valence-corrected chi connectivity index (χ0v) is 17.0. The van der Waals surface area contributed by atoms with Crippen molar-refractivity contribution in [1.82, 2.24) is 10.3 Å². The molecule has 5 nitrogen and oxygen atoms in total. The average Bonchev–Trinajstić information content (AvgIpc) is 2.89. The molecule has 1 aromatic heterocycles. The molecule has 26 heavy (non-hydrogen) atoms. The first kappa shape index (κ1) is 23.0. The zero-order valence-electron chi connectivity index (χ0n) is 15.4. The molecule has 1 aliphatic carbocycles. The summed E-state index contributed by atoms with van der Waals surface area (Å²) < 4.78 is 0. The van der Waals surface area contributed by atoms with E-state index >= 15 is 0 Å². The second kappa shape index (κ2) is 11.6.